The molecule has 10 heteroatoms. The Balaban J connectivity index is 1.85. The van der Waals surface area contributed by atoms with Crippen molar-refractivity contribution in [3.8, 4) is 57.7 Å². The number of alkyl halides is 6. The molecule has 0 heterocycles. The molecule has 4 nitrogen and oxygen atoms in total. The van der Waals surface area contributed by atoms with Gasteiger partial charge in [-0.2, -0.15) is 47.4 Å². The van der Waals surface area contributed by atoms with E-state index in [0.29, 0.717) is 11.1 Å². The van der Waals surface area contributed by atoms with E-state index >= 15 is 0 Å². The first kappa shape index (κ1) is 27.7. The average molecular weight is 566 g/mol. The monoisotopic (exact) mass is 566 g/mol. The third-order valence-electron chi connectivity index (χ3n) is 6.86. The summed E-state index contributed by atoms with van der Waals surface area (Å²) >= 11 is 0. The molecule has 0 unspecified atom stereocenters. The van der Waals surface area contributed by atoms with Crippen LogP contribution in [0.5, 0.6) is 0 Å². The number of benzene rings is 4. The number of allylic oxidation sites excluding steroid dienone is 1. The molecule has 4 aromatic rings. The molecule has 0 bridgehead atoms. The van der Waals surface area contributed by atoms with Gasteiger partial charge in [0.2, 0.25) is 0 Å². The lowest BCUT2D eigenvalue weighted by Gasteiger charge is -2.13. The molecule has 0 amide bonds. The summed E-state index contributed by atoms with van der Waals surface area (Å²) in [5.74, 6) is 0. The van der Waals surface area contributed by atoms with E-state index in [9.17, 15) is 47.4 Å². The number of halogens is 6. The highest BCUT2D eigenvalue weighted by Crippen LogP contribution is 2.50. The molecular weight excluding hydrogens is 554 g/mol. The maximum atomic E-state index is 13.5. The van der Waals surface area contributed by atoms with Crippen LogP contribution in [0.3, 0.4) is 0 Å². The number of hydrogen-bond donors (Lipinski definition) is 0. The van der Waals surface area contributed by atoms with Crippen LogP contribution in [0.15, 0.2) is 78.4 Å². The van der Waals surface area contributed by atoms with Gasteiger partial charge in [-0.15, -0.1) is 0 Å². The standard InChI is InChI=1S/C32H12F6N4/c33-31(34,35)22-5-1-3-17(7-22)24-11-26-27-12-25(18-4-2-6-23(8-18)32(36,37)38)20(14-40)10-29(27)30(21(15-41)16-42)28(26)9-19(24)13-39/h1-12H. The van der Waals surface area contributed by atoms with E-state index in [-0.39, 0.29) is 55.7 Å². The Labute approximate surface area is 234 Å². The quantitative estimate of drug-likeness (QED) is 0.158. The fourth-order valence-corrected chi connectivity index (χ4v) is 5.00. The molecule has 0 radical (unpaired) electrons. The Morgan fingerprint density at radius 3 is 1.24 bits per heavy atom. The Hall–Kier alpha value is -5.84. The molecule has 0 spiro atoms. The van der Waals surface area contributed by atoms with Gasteiger partial charge in [0.15, 0.2) is 0 Å². The molecule has 202 valence electrons. The van der Waals surface area contributed by atoms with Gasteiger partial charge in [-0.25, -0.2) is 0 Å². The number of rotatable bonds is 2. The SMILES string of the molecule is N#CC(C#N)=C1c2cc(C#N)c(-c3cccc(C(F)(F)F)c3)cc2-c2cc(-c3cccc(C(F)(F)F)c3)c(C#N)cc21. The van der Waals surface area contributed by atoms with Crippen LogP contribution < -0.4 is 0 Å². The number of nitriles is 4. The predicted molar refractivity (Wildman–Crippen MR) is 139 cm³/mol. The smallest absolute Gasteiger partial charge is 0.192 e. The first-order valence-electron chi connectivity index (χ1n) is 12.0. The lowest BCUT2D eigenvalue weighted by Crippen LogP contribution is -2.04. The average Bonchev–Trinajstić information content (AvgIpc) is 3.28. The normalized spacial score (nSPS) is 11.9. The number of nitrogens with zero attached hydrogens (tertiary/aromatic N) is 4. The van der Waals surface area contributed by atoms with Gasteiger partial charge in [-0.1, -0.05) is 24.3 Å². The van der Waals surface area contributed by atoms with Crippen LogP contribution >= 0.6 is 0 Å². The highest BCUT2D eigenvalue weighted by Gasteiger charge is 2.34. The van der Waals surface area contributed by atoms with Crippen LogP contribution in [0.4, 0.5) is 26.3 Å². The van der Waals surface area contributed by atoms with Gasteiger partial charge in [0.1, 0.15) is 17.7 Å². The summed E-state index contributed by atoms with van der Waals surface area (Å²) in [7, 11) is 0. The summed E-state index contributed by atoms with van der Waals surface area (Å²) in [6.07, 6.45) is -9.30. The second-order valence-electron chi connectivity index (χ2n) is 9.24. The first-order valence-corrected chi connectivity index (χ1v) is 12.0. The van der Waals surface area contributed by atoms with E-state index in [0.717, 1.165) is 24.3 Å². The van der Waals surface area contributed by atoms with Crippen molar-refractivity contribution >= 4 is 5.57 Å². The lowest BCUT2D eigenvalue weighted by atomic mass is 9.91. The Kier molecular flexibility index (Phi) is 6.58. The fourth-order valence-electron chi connectivity index (χ4n) is 5.00. The third kappa shape index (κ3) is 4.62. The second-order valence-corrected chi connectivity index (χ2v) is 9.24. The Morgan fingerprint density at radius 1 is 0.500 bits per heavy atom. The van der Waals surface area contributed by atoms with E-state index in [2.05, 4.69) is 0 Å². The lowest BCUT2D eigenvalue weighted by molar-refractivity contribution is -0.138. The summed E-state index contributed by atoms with van der Waals surface area (Å²) in [4.78, 5) is 0. The molecule has 0 fully saturated rings. The van der Waals surface area contributed by atoms with E-state index in [1.165, 1.54) is 48.5 Å². The van der Waals surface area contributed by atoms with Gasteiger partial charge in [-0.05, 0) is 81.9 Å². The molecule has 5 rings (SSSR count). The fraction of sp³-hybridized carbons (Fsp3) is 0.0625. The predicted octanol–water partition coefficient (Wildman–Crippen LogP) is 8.63. The molecular formula is C32H12F6N4. The number of hydrogen-bond acceptors (Lipinski definition) is 4. The van der Waals surface area contributed by atoms with Crippen LogP contribution in [0.1, 0.15) is 33.4 Å². The molecule has 0 saturated heterocycles. The van der Waals surface area contributed by atoms with Crippen LogP contribution in [-0.4, -0.2) is 0 Å². The molecule has 4 aromatic carbocycles. The molecule has 1 aliphatic carbocycles. The zero-order valence-corrected chi connectivity index (χ0v) is 21.0. The highest BCUT2D eigenvalue weighted by atomic mass is 19.4. The van der Waals surface area contributed by atoms with Crippen LogP contribution in [0.25, 0.3) is 39.0 Å². The summed E-state index contributed by atoms with van der Waals surface area (Å²) < 4.78 is 80.7. The van der Waals surface area contributed by atoms with E-state index in [4.69, 9.17) is 0 Å². The maximum absolute atomic E-state index is 13.5. The highest BCUT2D eigenvalue weighted by molar-refractivity contribution is 6.07. The van der Waals surface area contributed by atoms with Crippen molar-refractivity contribution in [2.24, 2.45) is 0 Å². The van der Waals surface area contributed by atoms with Gasteiger partial charge >= 0.3 is 12.4 Å². The minimum absolute atomic E-state index is 0.0350. The van der Waals surface area contributed by atoms with Crippen molar-refractivity contribution in [2.75, 3.05) is 0 Å². The van der Waals surface area contributed by atoms with Gasteiger partial charge in [0.25, 0.3) is 0 Å². The minimum atomic E-state index is -4.65. The number of fused-ring (bicyclic) bond motifs is 3. The maximum Gasteiger partial charge on any atom is 0.416 e. The molecule has 0 atom stereocenters. The Bertz CT molecular complexity index is 1860. The molecule has 0 aromatic heterocycles. The van der Waals surface area contributed by atoms with Gasteiger partial charge in [-0.3, -0.25) is 0 Å². The first-order chi connectivity index (χ1) is 19.9. The summed E-state index contributed by atoms with van der Waals surface area (Å²) in [6, 6.07) is 21.8. The van der Waals surface area contributed by atoms with Crippen molar-refractivity contribution < 1.29 is 26.3 Å². The third-order valence-corrected chi connectivity index (χ3v) is 6.86. The summed E-state index contributed by atoms with van der Waals surface area (Å²) in [5, 5.41) is 39.2. The van der Waals surface area contributed by atoms with Crippen LogP contribution in [0, 0.1) is 45.3 Å². The molecule has 1 aliphatic rings. The van der Waals surface area contributed by atoms with Gasteiger partial charge in [0, 0.05) is 16.7 Å². The largest absolute Gasteiger partial charge is 0.416 e. The van der Waals surface area contributed by atoms with Gasteiger partial charge < -0.3 is 0 Å². The van der Waals surface area contributed by atoms with Crippen LogP contribution in [0.2, 0.25) is 0 Å². The second kappa shape index (κ2) is 9.97. The van der Waals surface area contributed by atoms with Crippen molar-refractivity contribution in [1.82, 2.24) is 0 Å². The van der Waals surface area contributed by atoms with Crippen molar-refractivity contribution in [1.29, 1.82) is 21.0 Å². The minimum Gasteiger partial charge on any atom is -0.192 e. The summed E-state index contributed by atoms with van der Waals surface area (Å²) in [6.45, 7) is 0. The molecule has 0 N–H and O–H groups in total. The van der Waals surface area contributed by atoms with Crippen molar-refractivity contribution in [3.05, 3.63) is 112 Å². The zero-order chi connectivity index (χ0) is 30.4. The molecule has 0 saturated carbocycles. The molecule has 42 heavy (non-hydrogen) atoms. The Morgan fingerprint density at radius 2 is 0.905 bits per heavy atom. The van der Waals surface area contributed by atoms with Gasteiger partial charge in [0.05, 0.1) is 34.4 Å². The molecule has 0 aliphatic heterocycles. The van der Waals surface area contributed by atoms with E-state index < -0.39 is 23.5 Å². The van der Waals surface area contributed by atoms with Crippen molar-refractivity contribution in [2.45, 2.75) is 12.4 Å². The van der Waals surface area contributed by atoms with Crippen molar-refractivity contribution in [3.63, 3.8) is 0 Å². The van der Waals surface area contributed by atoms with E-state index in [1.807, 2.05) is 12.1 Å². The van der Waals surface area contributed by atoms with Crippen LogP contribution in [-0.2, 0) is 12.4 Å². The summed E-state index contributed by atoms with van der Waals surface area (Å²) in [5.41, 5.74) is -0.610. The topological polar surface area (TPSA) is 95.2 Å². The zero-order valence-electron chi connectivity index (χ0n) is 21.0. The van der Waals surface area contributed by atoms with E-state index in [1.54, 1.807) is 12.1 Å².